The average Bonchev–Trinajstić information content (AvgIpc) is 3.06. The minimum atomic E-state index is -4.54. The van der Waals surface area contributed by atoms with E-state index in [1.807, 2.05) is 13.8 Å². The van der Waals surface area contributed by atoms with Crippen molar-refractivity contribution < 1.29 is 27.5 Å². The summed E-state index contributed by atoms with van der Waals surface area (Å²) >= 11 is 0.763. The molecule has 2 unspecified atom stereocenters. The number of benzene rings is 1. The molecular weight excluding hydrogens is 463 g/mol. The van der Waals surface area contributed by atoms with Crippen molar-refractivity contribution >= 4 is 34.6 Å². The van der Waals surface area contributed by atoms with Gasteiger partial charge in [0.2, 0.25) is 0 Å². The first kappa shape index (κ1) is 24.6. The van der Waals surface area contributed by atoms with Crippen LogP contribution in [0.1, 0.15) is 51.7 Å². The highest BCUT2D eigenvalue weighted by Gasteiger charge is 2.50. The van der Waals surface area contributed by atoms with E-state index >= 15 is 0 Å². The lowest BCUT2D eigenvalue weighted by Crippen LogP contribution is -2.44. The molecule has 0 radical (unpaired) electrons. The second-order valence-electron chi connectivity index (χ2n) is 10.5. The Balaban J connectivity index is 1.88. The van der Waals surface area contributed by atoms with Crippen molar-refractivity contribution in [2.75, 3.05) is 7.11 Å². The Morgan fingerprint density at radius 3 is 2.21 bits per heavy atom. The number of fused-ring (bicyclic) bond motifs is 1. The number of halogens is 3. The third-order valence-electron chi connectivity index (χ3n) is 7.35. The summed E-state index contributed by atoms with van der Waals surface area (Å²) in [5, 5.41) is 1.71. The van der Waals surface area contributed by atoms with Crippen molar-refractivity contribution in [2.45, 2.75) is 46.7 Å². The van der Waals surface area contributed by atoms with E-state index in [1.165, 1.54) is 19.3 Å². The molecule has 2 aliphatic carbocycles. The predicted octanol–water partition coefficient (Wildman–Crippen LogP) is 6.98. The minimum absolute atomic E-state index is 0.0714. The summed E-state index contributed by atoms with van der Waals surface area (Å²) < 4.78 is 48.6. The number of imide groups is 1. The SMILES string of the molecule is COc1ccc(/C=C2\SC(=O)NC2=O)cc1C1=CC2C(C=C1C(F)(F)F)C(C)(C)CCC2(C)C. The van der Waals surface area contributed by atoms with Gasteiger partial charge in [-0.05, 0) is 76.6 Å². The lowest BCUT2D eigenvalue weighted by molar-refractivity contribution is -0.115. The number of hydrogen-bond acceptors (Lipinski definition) is 4. The number of ether oxygens (including phenoxy) is 1. The standard InChI is InChI=1S/C26H28F3NO3S/c1-24(2)8-9-25(3,4)19-13-17(26(27,28)29)15(12-18(19)24)16-10-14(6-7-20(16)33-5)11-21-22(31)30-23(32)34-21/h6-7,10-13,18-19H,8-9H2,1-5H3,(H,30,31,32)/b21-11-. The van der Waals surface area contributed by atoms with Gasteiger partial charge in [0.15, 0.2) is 0 Å². The van der Waals surface area contributed by atoms with E-state index in [4.69, 9.17) is 4.74 Å². The fourth-order valence-electron chi connectivity index (χ4n) is 5.23. The summed E-state index contributed by atoms with van der Waals surface area (Å²) in [6.45, 7) is 8.32. The molecule has 2 amide bonds. The van der Waals surface area contributed by atoms with Crippen LogP contribution in [0.15, 0.2) is 40.8 Å². The molecule has 0 aromatic heterocycles. The van der Waals surface area contributed by atoms with Crippen LogP contribution < -0.4 is 10.1 Å². The fraction of sp³-hybridized carbons (Fsp3) is 0.462. The number of alkyl halides is 3. The van der Waals surface area contributed by atoms with E-state index in [2.05, 4.69) is 19.2 Å². The van der Waals surface area contributed by atoms with E-state index in [-0.39, 0.29) is 33.1 Å². The number of thioether (sulfide) groups is 1. The van der Waals surface area contributed by atoms with Gasteiger partial charge in [0.05, 0.1) is 17.6 Å². The molecule has 4 rings (SSSR count). The maximum absolute atomic E-state index is 14.4. The highest BCUT2D eigenvalue weighted by Crippen LogP contribution is 2.58. The highest BCUT2D eigenvalue weighted by atomic mass is 32.2. The van der Waals surface area contributed by atoms with Crippen LogP contribution in [0.5, 0.6) is 5.75 Å². The molecule has 182 valence electrons. The van der Waals surface area contributed by atoms with Gasteiger partial charge in [-0.3, -0.25) is 14.9 Å². The number of carbonyl (C=O) groups is 2. The molecule has 8 heteroatoms. The topological polar surface area (TPSA) is 55.4 Å². The Kier molecular flexibility index (Phi) is 6.03. The number of nitrogens with one attached hydrogen (secondary N) is 1. The van der Waals surface area contributed by atoms with Gasteiger partial charge in [0, 0.05) is 5.56 Å². The van der Waals surface area contributed by atoms with Crippen LogP contribution in [0, 0.1) is 22.7 Å². The number of carbonyl (C=O) groups excluding carboxylic acids is 2. The van der Waals surface area contributed by atoms with Crippen LogP contribution in [0.4, 0.5) is 18.0 Å². The first-order chi connectivity index (χ1) is 15.7. The minimum Gasteiger partial charge on any atom is -0.496 e. The molecule has 0 spiro atoms. The van der Waals surface area contributed by atoms with Gasteiger partial charge < -0.3 is 4.74 Å². The van der Waals surface area contributed by atoms with Crippen LogP contribution in [0.2, 0.25) is 0 Å². The van der Waals surface area contributed by atoms with Crippen LogP contribution >= 0.6 is 11.8 Å². The van der Waals surface area contributed by atoms with Gasteiger partial charge in [0.1, 0.15) is 5.75 Å². The number of rotatable bonds is 3. The second kappa shape index (κ2) is 8.33. The molecule has 1 saturated heterocycles. The molecule has 1 heterocycles. The highest BCUT2D eigenvalue weighted by molar-refractivity contribution is 8.18. The Morgan fingerprint density at radius 2 is 1.68 bits per heavy atom. The third-order valence-corrected chi connectivity index (χ3v) is 8.16. The first-order valence-electron chi connectivity index (χ1n) is 11.2. The van der Waals surface area contributed by atoms with Gasteiger partial charge in [-0.25, -0.2) is 0 Å². The van der Waals surface area contributed by atoms with Gasteiger partial charge in [-0.15, -0.1) is 0 Å². The molecule has 1 aromatic rings. The van der Waals surface area contributed by atoms with Gasteiger partial charge in [0.25, 0.3) is 11.1 Å². The molecule has 2 atom stereocenters. The Morgan fingerprint density at radius 1 is 1.06 bits per heavy atom. The molecule has 1 saturated carbocycles. The second-order valence-corrected chi connectivity index (χ2v) is 11.5. The van der Waals surface area contributed by atoms with E-state index in [0.717, 1.165) is 24.6 Å². The van der Waals surface area contributed by atoms with Crippen molar-refractivity contribution in [1.29, 1.82) is 0 Å². The van der Waals surface area contributed by atoms with E-state index < -0.39 is 22.9 Å². The van der Waals surface area contributed by atoms with Crippen molar-refractivity contribution in [3.05, 3.63) is 52.0 Å². The largest absolute Gasteiger partial charge is 0.496 e. The van der Waals surface area contributed by atoms with E-state index in [1.54, 1.807) is 24.3 Å². The van der Waals surface area contributed by atoms with Gasteiger partial charge in [-0.1, -0.05) is 45.9 Å². The number of hydrogen-bond donors (Lipinski definition) is 1. The van der Waals surface area contributed by atoms with E-state index in [9.17, 15) is 22.8 Å². The van der Waals surface area contributed by atoms with Crippen LogP contribution in [-0.2, 0) is 4.79 Å². The number of amides is 2. The van der Waals surface area contributed by atoms with Crippen LogP contribution in [0.25, 0.3) is 11.6 Å². The summed E-state index contributed by atoms with van der Waals surface area (Å²) in [5.74, 6) is -0.515. The molecule has 2 fully saturated rings. The van der Waals surface area contributed by atoms with Crippen molar-refractivity contribution in [3.8, 4) is 5.75 Å². The number of allylic oxidation sites excluding steroid dienone is 4. The van der Waals surface area contributed by atoms with Gasteiger partial charge in [-0.2, -0.15) is 13.2 Å². The van der Waals surface area contributed by atoms with Crippen molar-refractivity contribution in [3.63, 3.8) is 0 Å². The summed E-state index contributed by atoms with van der Waals surface area (Å²) in [4.78, 5) is 23.7. The van der Waals surface area contributed by atoms with Gasteiger partial charge >= 0.3 is 6.18 Å². The monoisotopic (exact) mass is 491 g/mol. The zero-order chi connectivity index (χ0) is 25.1. The smallest absolute Gasteiger partial charge is 0.416 e. The summed E-state index contributed by atoms with van der Waals surface area (Å²) in [5.41, 5.74) is -0.162. The quantitative estimate of drug-likeness (QED) is 0.463. The van der Waals surface area contributed by atoms with Crippen molar-refractivity contribution in [2.24, 2.45) is 22.7 Å². The first-order valence-corrected chi connectivity index (χ1v) is 12.0. The lowest BCUT2D eigenvalue weighted by Gasteiger charge is -2.52. The average molecular weight is 492 g/mol. The molecule has 0 bridgehead atoms. The Labute approximate surface area is 201 Å². The third kappa shape index (κ3) is 4.44. The summed E-state index contributed by atoms with van der Waals surface area (Å²) in [6.07, 6.45) is 1.95. The maximum atomic E-state index is 14.4. The summed E-state index contributed by atoms with van der Waals surface area (Å²) in [6, 6.07) is 4.84. The Hall–Kier alpha value is -2.48. The van der Waals surface area contributed by atoms with Crippen LogP contribution in [0.3, 0.4) is 0 Å². The molecular formula is C26H28F3NO3S. The van der Waals surface area contributed by atoms with Crippen LogP contribution in [-0.4, -0.2) is 24.4 Å². The Bertz CT molecular complexity index is 1140. The predicted molar refractivity (Wildman–Crippen MR) is 128 cm³/mol. The summed E-state index contributed by atoms with van der Waals surface area (Å²) in [7, 11) is 1.42. The molecule has 1 N–H and O–H groups in total. The molecule has 1 aromatic carbocycles. The normalized spacial score (nSPS) is 27.1. The zero-order valence-electron chi connectivity index (χ0n) is 19.8. The number of methoxy groups -OCH3 is 1. The lowest BCUT2D eigenvalue weighted by atomic mass is 9.52. The molecule has 1 aliphatic heterocycles. The van der Waals surface area contributed by atoms with E-state index in [0.29, 0.717) is 16.9 Å². The molecule has 3 aliphatic rings. The molecule has 4 nitrogen and oxygen atoms in total. The molecule has 34 heavy (non-hydrogen) atoms. The van der Waals surface area contributed by atoms with Crippen molar-refractivity contribution in [1.82, 2.24) is 5.32 Å². The fourth-order valence-corrected chi connectivity index (χ4v) is 5.91. The maximum Gasteiger partial charge on any atom is 0.416 e. The zero-order valence-corrected chi connectivity index (χ0v) is 20.6.